The Labute approximate surface area is 274 Å². The van der Waals surface area contributed by atoms with Crippen LogP contribution in [0.5, 0.6) is 0 Å². The number of nitrogens with one attached hydrogen (secondary N) is 3. The van der Waals surface area contributed by atoms with Crippen LogP contribution in [0.3, 0.4) is 0 Å². The highest BCUT2D eigenvalue weighted by Gasteiger charge is 2.26. The van der Waals surface area contributed by atoms with Crippen molar-refractivity contribution in [1.29, 1.82) is 0 Å². The highest BCUT2D eigenvalue weighted by molar-refractivity contribution is 7.20. The van der Waals surface area contributed by atoms with Gasteiger partial charge in [0, 0.05) is 66.8 Å². The lowest BCUT2D eigenvalue weighted by Crippen LogP contribution is -2.25. The quantitative estimate of drug-likeness (QED) is 0.101. The lowest BCUT2D eigenvalue weighted by Gasteiger charge is -2.20. The Bertz CT molecular complexity index is 1810. The molecule has 2 aromatic heterocycles. The molecule has 0 aliphatic heterocycles. The zero-order valence-electron chi connectivity index (χ0n) is 25.7. The molecule has 0 fully saturated rings. The molecule has 5 rings (SSSR count). The normalized spacial score (nSPS) is 11.1. The molecular formula is C34H35F2N7O3S. The summed E-state index contributed by atoms with van der Waals surface area (Å²) in [6, 6.07) is 19.1. The van der Waals surface area contributed by atoms with E-state index >= 15 is 0 Å². The fraction of sp³-hybridized carbons (Fsp3) is 0.206. The standard InChI is InChI=1S/C34H35F2N7O3S/c1-42(17-18-43-16-15-38-29(43)14-19-44)21-26-30(32(45)40-23-6-3-2-4-7-23)33(39-20-25-27(35)8-5-9-28(25)36)47-31(26)22-10-12-24(13-11-22)41-34(37)46/h2-13,15-16,39,44H,14,17-21H2,1H3,(H,40,45)(H3,37,41,46). The number of primary amides is 1. The summed E-state index contributed by atoms with van der Waals surface area (Å²) in [6.45, 7) is 1.35. The van der Waals surface area contributed by atoms with E-state index in [1.54, 1.807) is 30.5 Å². The molecule has 0 aliphatic carbocycles. The topological polar surface area (TPSA) is 138 Å². The van der Waals surface area contributed by atoms with Crippen molar-refractivity contribution in [3.63, 3.8) is 0 Å². The van der Waals surface area contributed by atoms with E-state index < -0.39 is 17.7 Å². The fourth-order valence-electron chi connectivity index (χ4n) is 5.15. The predicted octanol–water partition coefficient (Wildman–Crippen LogP) is 5.91. The molecule has 5 aromatic rings. The van der Waals surface area contributed by atoms with E-state index in [0.29, 0.717) is 53.6 Å². The smallest absolute Gasteiger partial charge is 0.316 e. The number of carbonyl (C=O) groups is 2. The van der Waals surface area contributed by atoms with Gasteiger partial charge < -0.3 is 36.3 Å². The van der Waals surface area contributed by atoms with Crippen molar-refractivity contribution in [2.75, 3.05) is 36.1 Å². The number of amides is 3. The van der Waals surface area contributed by atoms with Gasteiger partial charge in [-0.25, -0.2) is 18.6 Å². The number of imidazole rings is 1. The van der Waals surface area contributed by atoms with Crippen LogP contribution in [-0.2, 0) is 26.1 Å². The Kier molecular flexibility index (Phi) is 10.9. The summed E-state index contributed by atoms with van der Waals surface area (Å²) in [6.07, 6.45) is 3.99. The predicted molar refractivity (Wildman–Crippen MR) is 180 cm³/mol. The van der Waals surface area contributed by atoms with Gasteiger partial charge >= 0.3 is 6.03 Å². The second-order valence-corrected chi connectivity index (χ2v) is 11.8. The number of hydrogen-bond donors (Lipinski definition) is 5. The van der Waals surface area contributed by atoms with Crippen molar-refractivity contribution in [2.45, 2.75) is 26.1 Å². The van der Waals surface area contributed by atoms with E-state index in [-0.39, 0.29) is 24.6 Å². The van der Waals surface area contributed by atoms with Gasteiger partial charge in [-0.05, 0) is 54.6 Å². The number of para-hydroxylation sites is 1. The van der Waals surface area contributed by atoms with Crippen LogP contribution >= 0.6 is 11.3 Å². The molecule has 0 radical (unpaired) electrons. The highest BCUT2D eigenvalue weighted by Crippen LogP contribution is 2.42. The minimum absolute atomic E-state index is 0.00862. The Morgan fingerprint density at radius 3 is 2.34 bits per heavy atom. The summed E-state index contributed by atoms with van der Waals surface area (Å²) in [5.74, 6) is -0.994. The number of halogens is 2. The second-order valence-electron chi connectivity index (χ2n) is 10.8. The van der Waals surface area contributed by atoms with Crippen molar-refractivity contribution in [2.24, 2.45) is 5.73 Å². The molecule has 0 atom stereocenters. The molecule has 47 heavy (non-hydrogen) atoms. The number of urea groups is 1. The average molecular weight is 660 g/mol. The summed E-state index contributed by atoms with van der Waals surface area (Å²) in [5, 5.41) is 18.5. The maximum atomic E-state index is 14.6. The first-order valence-electron chi connectivity index (χ1n) is 14.9. The summed E-state index contributed by atoms with van der Waals surface area (Å²) in [7, 11) is 1.94. The van der Waals surface area contributed by atoms with Crippen molar-refractivity contribution in [3.05, 3.63) is 119 Å². The monoisotopic (exact) mass is 659 g/mol. The van der Waals surface area contributed by atoms with Crippen molar-refractivity contribution in [1.82, 2.24) is 14.5 Å². The van der Waals surface area contributed by atoms with Crippen LogP contribution < -0.4 is 21.7 Å². The van der Waals surface area contributed by atoms with Gasteiger partial charge in [-0.3, -0.25) is 4.79 Å². The number of benzene rings is 3. The summed E-state index contributed by atoms with van der Waals surface area (Å²) in [5.41, 5.74) is 8.07. The number of rotatable bonds is 14. The minimum atomic E-state index is -0.692. The average Bonchev–Trinajstić information content (AvgIpc) is 3.64. The molecule has 244 valence electrons. The molecule has 10 nitrogen and oxygen atoms in total. The molecule has 2 heterocycles. The van der Waals surface area contributed by atoms with Crippen LogP contribution in [0.2, 0.25) is 0 Å². The molecule has 0 spiro atoms. The summed E-state index contributed by atoms with van der Waals surface area (Å²) in [4.78, 5) is 32.6. The third kappa shape index (κ3) is 8.38. The molecule has 3 aromatic carbocycles. The Morgan fingerprint density at radius 2 is 1.66 bits per heavy atom. The van der Waals surface area contributed by atoms with Crippen LogP contribution in [0, 0.1) is 11.6 Å². The van der Waals surface area contributed by atoms with E-state index in [4.69, 9.17) is 5.73 Å². The Balaban J connectivity index is 1.54. The molecule has 0 bridgehead atoms. The van der Waals surface area contributed by atoms with Crippen LogP contribution in [0.4, 0.5) is 30.0 Å². The zero-order chi connectivity index (χ0) is 33.3. The van der Waals surface area contributed by atoms with Crippen LogP contribution in [0.25, 0.3) is 10.4 Å². The number of aliphatic hydroxyl groups excluding tert-OH is 1. The van der Waals surface area contributed by atoms with Gasteiger partial charge in [0.15, 0.2) is 0 Å². The van der Waals surface area contributed by atoms with E-state index in [9.17, 15) is 23.5 Å². The number of thiophene rings is 1. The molecule has 3 amide bonds. The number of likely N-dealkylation sites (N-methyl/N-ethyl adjacent to an activating group) is 1. The van der Waals surface area contributed by atoms with Crippen LogP contribution in [-0.4, -0.2) is 51.7 Å². The Morgan fingerprint density at radius 1 is 0.957 bits per heavy atom. The molecule has 0 aliphatic rings. The van der Waals surface area contributed by atoms with Gasteiger partial charge in [0.25, 0.3) is 5.91 Å². The Hall–Kier alpha value is -5.11. The van der Waals surface area contributed by atoms with E-state index in [0.717, 1.165) is 16.3 Å². The van der Waals surface area contributed by atoms with Gasteiger partial charge in [0.05, 0.1) is 12.2 Å². The third-order valence-electron chi connectivity index (χ3n) is 7.46. The number of anilines is 3. The molecular weight excluding hydrogens is 624 g/mol. The van der Waals surface area contributed by atoms with E-state index in [1.165, 1.54) is 29.5 Å². The minimum Gasteiger partial charge on any atom is -0.396 e. The number of nitrogens with two attached hydrogens (primary N) is 1. The van der Waals surface area contributed by atoms with Gasteiger partial charge in [-0.1, -0.05) is 36.4 Å². The summed E-state index contributed by atoms with van der Waals surface area (Å²) >= 11 is 1.30. The van der Waals surface area contributed by atoms with Crippen molar-refractivity contribution < 1.29 is 23.5 Å². The molecule has 6 N–H and O–H groups in total. The first kappa shape index (κ1) is 33.3. The van der Waals surface area contributed by atoms with Crippen molar-refractivity contribution >= 4 is 39.7 Å². The summed E-state index contributed by atoms with van der Waals surface area (Å²) < 4.78 is 31.2. The number of aliphatic hydroxyl groups is 1. The molecule has 0 saturated heterocycles. The first-order chi connectivity index (χ1) is 22.7. The van der Waals surface area contributed by atoms with Crippen molar-refractivity contribution in [3.8, 4) is 10.4 Å². The number of nitrogens with zero attached hydrogens (tertiary/aromatic N) is 3. The van der Waals surface area contributed by atoms with E-state index in [1.807, 2.05) is 48.1 Å². The van der Waals surface area contributed by atoms with Gasteiger partial charge in [-0.15, -0.1) is 11.3 Å². The lowest BCUT2D eigenvalue weighted by molar-refractivity contribution is 0.102. The number of hydrogen-bond acceptors (Lipinski definition) is 7. The van der Waals surface area contributed by atoms with Crippen LogP contribution in [0.1, 0.15) is 27.3 Å². The van der Waals surface area contributed by atoms with E-state index in [2.05, 4.69) is 25.8 Å². The fourth-order valence-corrected chi connectivity index (χ4v) is 6.36. The van der Waals surface area contributed by atoms with Gasteiger partial charge in [0.2, 0.25) is 0 Å². The third-order valence-corrected chi connectivity index (χ3v) is 8.69. The van der Waals surface area contributed by atoms with Crippen LogP contribution in [0.15, 0.2) is 85.2 Å². The molecule has 13 heteroatoms. The number of aromatic nitrogens is 2. The zero-order valence-corrected chi connectivity index (χ0v) is 26.5. The van der Waals surface area contributed by atoms with Gasteiger partial charge in [0.1, 0.15) is 22.5 Å². The number of carbonyl (C=O) groups excluding carboxylic acids is 2. The first-order valence-corrected chi connectivity index (χ1v) is 15.7. The largest absolute Gasteiger partial charge is 0.396 e. The maximum Gasteiger partial charge on any atom is 0.316 e. The highest BCUT2D eigenvalue weighted by atomic mass is 32.1. The molecule has 0 unspecified atom stereocenters. The van der Waals surface area contributed by atoms with Gasteiger partial charge in [-0.2, -0.15) is 0 Å². The maximum absolute atomic E-state index is 14.6. The SMILES string of the molecule is CN(CCn1ccnc1CCO)Cc1c(-c2ccc(NC(N)=O)cc2)sc(NCc2c(F)cccc2F)c1C(=O)Nc1ccccc1. The lowest BCUT2D eigenvalue weighted by atomic mass is 10.0. The second kappa shape index (κ2) is 15.5. The molecule has 0 saturated carbocycles.